The lowest BCUT2D eigenvalue weighted by Crippen LogP contribution is -2.33. The molecule has 1 aromatic carbocycles. The molecule has 0 radical (unpaired) electrons. The monoisotopic (exact) mass is 250 g/mol. The smallest absolute Gasteiger partial charge is 0.306 e. The third-order valence-electron chi connectivity index (χ3n) is 2.92. The van der Waals surface area contributed by atoms with Gasteiger partial charge in [-0.25, -0.2) is 0 Å². The molecule has 3 heteroatoms. The van der Waals surface area contributed by atoms with E-state index in [1.54, 1.807) is 0 Å². The Hall–Kier alpha value is -1.09. The lowest BCUT2D eigenvalue weighted by atomic mass is 10.1. The second kappa shape index (κ2) is 6.01. The number of benzene rings is 1. The third kappa shape index (κ3) is 4.34. The summed E-state index contributed by atoms with van der Waals surface area (Å²) in [5, 5.41) is 0. The zero-order valence-electron chi connectivity index (χ0n) is 11.2. The topological polar surface area (TPSA) is 26.3 Å². The van der Waals surface area contributed by atoms with Gasteiger partial charge in [0.1, 0.15) is 0 Å². The van der Waals surface area contributed by atoms with Crippen LogP contribution in [0.3, 0.4) is 0 Å². The van der Waals surface area contributed by atoms with Crippen molar-refractivity contribution in [2.24, 2.45) is 0 Å². The van der Waals surface area contributed by atoms with Crippen molar-refractivity contribution in [2.75, 3.05) is 6.61 Å². The van der Waals surface area contributed by atoms with Gasteiger partial charge < -0.3 is 4.74 Å². The van der Waals surface area contributed by atoms with E-state index in [1.165, 1.54) is 5.56 Å². The molecule has 0 aliphatic rings. The standard InChI is InChI=1S/C14H22O2Si/c1-5-16-14(15)11-13(17(2,3)4)12-9-7-6-8-10-12/h6-10,13H,5,11H2,1-4H3/t13-/m1/s1. The molecule has 0 N–H and O–H groups in total. The molecule has 0 aliphatic carbocycles. The van der Waals surface area contributed by atoms with Gasteiger partial charge in [0, 0.05) is 6.42 Å². The molecular weight excluding hydrogens is 228 g/mol. The van der Waals surface area contributed by atoms with Crippen LogP contribution in [-0.2, 0) is 9.53 Å². The minimum absolute atomic E-state index is 0.0798. The summed E-state index contributed by atoms with van der Waals surface area (Å²) >= 11 is 0. The fourth-order valence-electron chi connectivity index (χ4n) is 2.00. The molecule has 0 saturated carbocycles. The highest BCUT2D eigenvalue weighted by molar-refractivity contribution is 6.77. The molecule has 0 spiro atoms. The molecule has 0 unspecified atom stereocenters. The summed E-state index contributed by atoms with van der Waals surface area (Å²) in [4.78, 5) is 11.7. The number of hydrogen-bond acceptors (Lipinski definition) is 2. The van der Waals surface area contributed by atoms with Crippen LogP contribution in [0.15, 0.2) is 30.3 Å². The van der Waals surface area contributed by atoms with Crippen LogP contribution < -0.4 is 0 Å². The number of esters is 1. The van der Waals surface area contributed by atoms with Crippen LogP contribution in [0.5, 0.6) is 0 Å². The van der Waals surface area contributed by atoms with Gasteiger partial charge in [-0.15, -0.1) is 0 Å². The number of rotatable bonds is 5. The average molecular weight is 250 g/mol. The summed E-state index contributed by atoms with van der Waals surface area (Å²) in [6.07, 6.45) is 0.508. The molecule has 0 aliphatic heterocycles. The summed E-state index contributed by atoms with van der Waals surface area (Å²) in [6.45, 7) is 9.20. The van der Waals surface area contributed by atoms with Gasteiger partial charge in [0.15, 0.2) is 0 Å². The maximum atomic E-state index is 11.7. The summed E-state index contributed by atoms with van der Waals surface area (Å²) in [5.74, 6) is -0.0798. The van der Waals surface area contributed by atoms with Gasteiger partial charge >= 0.3 is 5.97 Å². The van der Waals surface area contributed by atoms with E-state index in [-0.39, 0.29) is 5.97 Å². The van der Waals surface area contributed by atoms with Crippen molar-refractivity contribution < 1.29 is 9.53 Å². The van der Waals surface area contributed by atoms with Crippen LogP contribution in [0.25, 0.3) is 0 Å². The molecule has 0 amide bonds. The fraction of sp³-hybridized carbons (Fsp3) is 0.500. The van der Waals surface area contributed by atoms with Crippen molar-refractivity contribution in [3.63, 3.8) is 0 Å². The van der Waals surface area contributed by atoms with Gasteiger partial charge in [-0.3, -0.25) is 4.79 Å². The van der Waals surface area contributed by atoms with E-state index in [4.69, 9.17) is 4.74 Å². The number of carbonyl (C=O) groups excluding carboxylic acids is 1. The third-order valence-corrected chi connectivity index (χ3v) is 5.55. The predicted molar refractivity (Wildman–Crippen MR) is 73.8 cm³/mol. The largest absolute Gasteiger partial charge is 0.466 e. The summed E-state index contributed by atoms with van der Waals surface area (Å²) in [6, 6.07) is 10.3. The minimum Gasteiger partial charge on any atom is -0.466 e. The summed E-state index contributed by atoms with van der Waals surface area (Å²) < 4.78 is 5.07. The SMILES string of the molecule is CCOC(=O)C[C@H](c1ccccc1)[Si](C)(C)C. The van der Waals surface area contributed by atoms with Crippen molar-refractivity contribution in [1.29, 1.82) is 0 Å². The molecular formula is C14H22O2Si. The minimum atomic E-state index is -1.42. The number of hydrogen-bond donors (Lipinski definition) is 0. The van der Waals surface area contributed by atoms with E-state index in [1.807, 2.05) is 25.1 Å². The first kappa shape index (κ1) is 14.0. The Morgan fingerprint density at radius 2 is 1.82 bits per heavy atom. The first-order valence-electron chi connectivity index (χ1n) is 6.15. The van der Waals surface area contributed by atoms with Crippen LogP contribution >= 0.6 is 0 Å². The zero-order chi connectivity index (χ0) is 12.9. The van der Waals surface area contributed by atoms with E-state index in [2.05, 4.69) is 31.8 Å². The van der Waals surface area contributed by atoms with E-state index in [0.29, 0.717) is 18.6 Å². The molecule has 0 aromatic heterocycles. The Morgan fingerprint density at radius 1 is 1.24 bits per heavy atom. The molecule has 0 fully saturated rings. The zero-order valence-corrected chi connectivity index (χ0v) is 12.2. The van der Waals surface area contributed by atoms with E-state index < -0.39 is 8.07 Å². The van der Waals surface area contributed by atoms with Crippen molar-refractivity contribution in [1.82, 2.24) is 0 Å². The fourth-order valence-corrected chi connectivity index (χ4v) is 3.97. The van der Waals surface area contributed by atoms with Gasteiger partial charge in [-0.2, -0.15) is 0 Å². The second-order valence-electron chi connectivity index (χ2n) is 5.34. The van der Waals surface area contributed by atoms with Gasteiger partial charge in [-0.05, 0) is 18.0 Å². The molecule has 1 atom stereocenters. The molecule has 17 heavy (non-hydrogen) atoms. The first-order valence-corrected chi connectivity index (χ1v) is 9.73. The Morgan fingerprint density at radius 3 is 2.29 bits per heavy atom. The van der Waals surface area contributed by atoms with Crippen LogP contribution in [-0.4, -0.2) is 20.7 Å². The van der Waals surface area contributed by atoms with Crippen LogP contribution in [0.4, 0.5) is 0 Å². The van der Waals surface area contributed by atoms with Crippen LogP contribution in [0, 0.1) is 0 Å². The Labute approximate surface area is 105 Å². The number of ether oxygens (including phenoxy) is 1. The maximum Gasteiger partial charge on any atom is 0.306 e. The van der Waals surface area contributed by atoms with Gasteiger partial charge in [-0.1, -0.05) is 50.0 Å². The average Bonchev–Trinajstić information content (AvgIpc) is 2.26. The summed E-state index contributed by atoms with van der Waals surface area (Å²) in [5.41, 5.74) is 1.60. The predicted octanol–water partition coefficient (Wildman–Crippen LogP) is 3.60. The molecule has 0 saturated heterocycles. The van der Waals surface area contributed by atoms with Crippen molar-refractivity contribution in [3.05, 3.63) is 35.9 Å². The van der Waals surface area contributed by atoms with Gasteiger partial charge in [0.25, 0.3) is 0 Å². The number of carbonyl (C=O) groups is 1. The highest BCUT2D eigenvalue weighted by Crippen LogP contribution is 2.30. The quantitative estimate of drug-likeness (QED) is 0.589. The van der Waals surface area contributed by atoms with Crippen LogP contribution in [0.2, 0.25) is 19.6 Å². The molecule has 94 valence electrons. The lowest BCUT2D eigenvalue weighted by molar-refractivity contribution is -0.143. The molecule has 2 nitrogen and oxygen atoms in total. The highest BCUT2D eigenvalue weighted by atomic mass is 28.3. The highest BCUT2D eigenvalue weighted by Gasteiger charge is 2.30. The van der Waals surface area contributed by atoms with E-state index >= 15 is 0 Å². The Bertz CT molecular complexity index is 354. The maximum absolute atomic E-state index is 11.7. The molecule has 1 aromatic rings. The van der Waals surface area contributed by atoms with Crippen LogP contribution in [0.1, 0.15) is 24.4 Å². The van der Waals surface area contributed by atoms with Gasteiger partial charge in [0.05, 0.1) is 14.7 Å². The van der Waals surface area contributed by atoms with Crippen molar-refractivity contribution in [3.8, 4) is 0 Å². The lowest BCUT2D eigenvalue weighted by Gasteiger charge is -2.28. The first-order chi connectivity index (χ1) is 7.95. The Balaban J connectivity index is 2.87. The normalized spacial score (nSPS) is 13.2. The van der Waals surface area contributed by atoms with Crippen molar-refractivity contribution in [2.45, 2.75) is 38.5 Å². The van der Waals surface area contributed by atoms with E-state index in [0.717, 1.165) is 0 Å². The van der Waals surface area contributed by atoms with Gasteiger partial charge in [0.2, 0.25) is 0 Å². The summed E-state index contributed by atoms with van der Waals surface area (Å²) in [7, 11) is -1.42. The second-order valence-corrected chi connectivity index (χ2v) is 10.8. The molecule has 1 rings (SSSR count). The molecule has 0 heterocycles. The van der Waals surface area contributed by atoms with E-state index in [9.17, 15) is 4.79 Å². The molecule has 0 bridgehead atoms. The Kier molecular flexibility index (Phi) is 4.94. The van der Waals surface area contributed by atoms with Crippen molar-refractivity contribution >= 4 is 14.0 Å².